The number of carboxylic acid groups (broad SMARTS) is 1. The maximum Gasteiger partial charge on any atom is 0.303 e. The predicted octanol–water partition coefficient (Wildman–Crippen LogP) is 0.381. The normalized spacial score (nSPS) is 16.0. The highest BCUT2D eigenvalue weighted by atomic mass is 32.2. The van der Waals surface area contributed by atoms with Crippen LogP contribution in [0.25, 0.3) is 0 Å². The summed E-state index contributed by atoms with van der Waals surface area (Å²) >= 11 is 0. The van der Waals surface area contributed by atoms with Crippen LogP contribution in [0.15, 0.2) is 29.2 Å². The number of benzene rings is 1. The Labute approximate surface area is 111 Å². The molecule has 1 heterocycles. The molecule has 1 aliphatic heterocycles. The number of aryl methyl sites for hydroxylation is 1. The molecule has 0 spiro atoms. The molecule has 1 aromatic carbocycles. The first kappa shape index (κ1) is 14.0. The van der Waals surface area contributed by atoms with Gasteiger partial charge in [0, 0.05) is 6.42 Å². The fourth-order valence-corrected chi connectivity index (χ4v) is 2.88. The topological polar surface area (TPSA) is 92.7 Å². The monoisotopic (exact) mass is 285 g/mol. The van der Waals surface area contributed by atoms with Gasteiger partial charge in [0.1, 0.15) is 0 Å². The Morgan fingerprint density at radius 1 is 1.32 bits per heavy atom. The molecule has 0 aliphatic carbocycles. The van der Waals surface area contributed by atoms with E-state index in [0.29, 0.717) is 19.6 Å². The van der Waals surface area contributed by atoms with Crippen LogP contribution in [0.3, 0.4) is 0 Å². The Bertz CT molecular complexity index is 548. The van der Waals surface area contributed by atoms with Crippen LogP contribution in [0.4, 0.5) is 0 Å². The molecule has 2 N–H and O–H groups in total. The highest BCUT2D eigenvalue weighted by molar-refractivity contribution is 7.89. The Balaban J connectivity index is 2.02. The lowest BCUT2D eigenvalue weighted by Gasteiger charge is -2.26. The van der Waals surface area contributed by atoms with Gasteiger partial charge >= 0.3 is 5.97 Å². The number of carbonyl (C=O) groups is 1. The van der Waals surface area contributed by atoms with Crippen LogP contribution in [0.1, 0.15) is 12.0 Å². The van der Waals surface area contributed by atoms with Crippen molar-refractivity contribution in [1.29, 1.82) is 0 Å². The van der Waals surface area contributed by atoms with Gasteiger partial charge in [-0.3, -0.25) is 4.79 Å². The van der Waals surface area contributed by atoms with Gasteiger partial charge in [0.25, 0.3) is 0 Å². The van der Waals surface area contributed by atoms with Crippen molar-refractivity contribution < 1.29 is 23.1 Å². The lowest BCUT2D eigenvalue weighted by Crippen LogP contribution is -2.48. The average molecular weight is 285 g/mol. The molecule has 0 saturated carbocycles. The Morgan fingerprint density at radius 3 is 2.42 bits per heavy atom. The standard InChI is InChI=1S/C12H15NO5S/c14-12(15)6-3-9-1-4-11(5-2-9)19(16,17)13-10-7-18-8-10/h1-2,4-5,10,13H,3,6-8H2,(H,14,15). The number of ether oxygens (including phenoxy) is 1. The minimum atomic E-state index is -3.51. The SMILES string of the molecule is O=C(O)CCc1ccc(S(=O)(=O)NC2COC2)cc1. The first-order valence-electron chi connectivity index (χ1n) is 5.88. The van der Waals surface area contributed by atoms with E-state index >= 15 is 0 Å². The summed E-state index contributed by atoms with van der Waals surface area (Å²) in [7, 11) is -3.51. The van der Waals surface area contributed by atoms with Gasteiger partial charge in [0.05, 0.1) is 24.2 Å². The summed E-state index contributed by atoms with van der Waals surface area (Å²) in [5.41, 5.74) is 0.799. The van der Waals surface area contributed by atoms with Crippen molar-refractivity contribution in [1.82, 2.24) is 4.72 Å². The van der Waals surface area contributed by atoms with Crippen LogP contribution in [-0.2, 0) is 26.0 Å². The summed E-state index contributed by atoms with van der Waals surface area (Å²) in [6, 6.07) is 6.08. The summed E-state index contributed by atoms with van der Waals surface area (Å²) in [5, 5.41) is 8.57. The Morgan fingerprint density at radius 2 is 1.95 bits per heavy atom. The molecule has 0 aromatic heterocycles. The van der Waals surface area contributed by atoms with E-state index in [9.17, 15) is 13.2 Å². The molecular weight excluding hydrogens is 270 g/mol. The molecule has 6 nitrogen and oxygen atoms in total. The minimum Gasteiger partial charge on any atom is -0.481 e. The van der Waals surface area contributed by atoms with E-state index in [0.717, 1.165) is 5.56 Å². The number of nitrogens with one attached hydrogen (secondary N) is 1. The smallest absolute Gasteiger partial charge is 0.303 e. The zero-order chi connectivity index (χ0) is 13.9. The third-order valence-electron chi connectivity index (χ3n) is 2.82. The van der Waals surface area contributed by atoms with Crippen molar-refractivity contribution in [3.05, 3.63) is 29.8 Å². The minimum absolute atomic E-state index is 0.0315. The zero-order valence-electron chi connectivity index (χ0n) is 10.2. The molecule has 2 rings (SSSR count). The van der Waals surface area contributed by atoms with Gasteiger partial charge < -0.3 is 9.84 Å². The molecule has 104 valence electrons. The van der Waals surface area contributed by atoms with Gasteiger partial charge in [-0.1, -0.05) is 12.1 Å². The molecule has 0 unspecified atom stereocenters. The van der Waals surface area contributed by atoms with Gasteiger partial charge in [0.2, 0.25) is 10.0 Å². The maximum absolute atomic E-state index is 12.0. The van der Waals surface area contributed by atoms with Crippen LogP contribution < -0.4 is 4.72 Å². The lowest BCUT2D eigenvalue weighted by molar-refractivity contribution is -0.136. The zero-order valence-corrected chi connectivity index (χ0v) is 11.0. The molecule has 1 saturated heterocycles. The van der Waals surface area contributed by atoms with Crippen LogP contribution in [-0.4, -0.2) is 38.7 Å². The third kappa shape index (κ3) is 3.76. The maximum atomic E-state index is 12.0. The van der Waals surface area contributed by atoms with E-state index < -0.39 is 16.0 Å². The van der Waals surface area contributed by atoms with Crippen molar-refractivity contribution in [3.8, 4) is 0 Å². The number of carboxylic acids is 1. The van der Waals surface area contributed by atoms with Gasteiger partial charge in [-0.2, -0.15) is 0 Å². The van der Waals surface area contributed by atoms with E-state index in [-0.39, 0.29) is 17.4 Å². The summed E-state index contributed by atoms with van der Waals surface area (Å²) < 4.78 is 31.3. The fourth-order valence-electron chi connectivity index (χ4n) is 1.68. The molecule has 7 heteroatoms. The summed E-state index contributed by atoms with van der Waals surface area (Å²) in [5.74, 6) is -0.872. The summed E-state index contributed by atoms with van der Waals surface area (Å²) in [6.07, 6.45) is 0.420. The molecule has 0 amide bonds. The van der Waals surface area contributed by atoms with Gasteiger partial charge in [-0.15, -0.1) is 0 Å². The molecule has 0 bridgehead atoms. The quantitative estimate of drug-likeness (QED) is 0.788. The molecule has 1 fully saturated rings. The predicted molar refractivity (Wildman–Crippen MR) is 67.3 cm³/mol. The molecule has 0 radical (unpaired) electrons. The first-order valence-corrected chi connectivity index (χ1v) is 7.36. The molecule has 1 aliphatic rings. The van der Waals surface area contributed by atoms with Crippen molar-refractivity contribution in [2.45, 2.75) is 23.8 Å². The average Bonchev–Trinajstić information content (AvgIpc) is 2.32. The van der Waals surface area contributed by atoms with Crippen molar-refractivity contribution in [2.24, 2.45) is 0 Å². The van der Waals surface area contributed by atoms with Crippen LogP contribution in [0, 0.1) is 0 Å². The highest BCUT2D eigenvalue weighted by Gasteiger charge is 2.25. The van der Waals surface area contributed by atoms with E-state index in [1.165, 1.54) is 12.1 Å². The fraction of sp³-hybridized carbons (Fsp3) is 0.417. The molecular formula is C12H15NO5S. The van der Waals surface area contributed by atoms with Crippen molar-refractivity contribution in [2.75, 3.05) is 13.2 Å². The Kier molecular flexibility index (Phi) is 4.18. The summed E-state index contributed by atoms with van der Waals surface area (Å²) in [4.78, 5) is 10.6. The van der Waals surface area contributed by atoms with Crippen LogP contribution in [0.2, 0.25) is 0 Å². The second kappa shape index (κ2) is 5.68. The van der Waals surface area contributed by atoms with Crippen LogP contribution >= 0.6 is 0 Å². The van der Waals surface area contributed by atoms with E-state index in [2.05, 4.69) is 4.72 Å². The number of rotatable bonds is 6. The van der Waals surface area contributed by atoms with Gasteiger partial charge in [0.15, 0.2) is 0 Å². The highest BCUT2D eigenvalue weighted by Crippen LogP contribution is 2.13. The Hall–Kier alpha value is -1.44. The largest absolute Gasteiger partial charge is 0.481 e. The number of hydrogen-bond acceptors (Lipinski definition) is 4. The number of aliphatic carboxylic acids is 1. The van der Waals surface area contributed by atoms with E-state index in [1.807, 2.05) is 0 Å². The second-order valence-corrected chi connectivity index (χ2v) is 6.11. The second-order valence-electron chi connectivity index (χ2n) is 4.39. The molecule has 1 aromatic rings. The number of hydrogen-bond donors (Lipinski definition) is 2. The lowest BCUT2D eigenvalue weighted by atomic mass is 10.1. The summed E-state index contributed by atoms with van der Waals surface area (Å²) in [6.45, 7) is 0.797. The van der Waals surface area contributed by atoms with Crippen molar-refractivity contribution in [3.63, 3.8) is 0 Å². The van der Waals surface area contributed by atoms with E-state index in [1.54, 1.807) is 12.1 Å². The van der Waals surface area contributed by atoms with Crippen molar-refractivity contribution >= 4 is 16.0 Å². The molecule has 19 heavy (non-hydrogen) atoms. The number of sulfonamides is 1. The van der Waals surface area contributed by atoms with Crippen LogP contribution in [0.5, 0.6) is 0 Å². The van der Waals surface area contributed by atoms with Gasteiger partial charge in [-0.05, 0) is 24.1 Å². The first-order chi connectivity index (χ1) is 8.97. The molecule has 0 atom stereocenters. The van der Waals surface area contributed by atoms with Gasteiger partial charge in [-0.25, -0.2) is 13.1 Å². The van der Waals surface area contributed by atoms with E-state index in [4.69, 9.17) is 9.84 Å². The third-order valence-corrected chi connectivity index (χ3v) is 4.36.